The Morgan fingerprint density at radius 3 is 2.14 bits per heavy atom. The molecule has 0 aliphatic carbocycles. The summed E-state index contributed by atoms with van der Waals surface area (Å²) in [7, 11) is 0. The van der Waals surface area contributed by atoms with Gasteiger partial charge >= 0.3 is 0 Å². The van der Waals surface area contributed by atoms with Crippen molar-refractivity contribution in [2.45, 2.75) is 6.54 Å². The fourth-order valence-corrected chi connectivity index (χ4v) is 2.94. The van der Waals surface area contributed by atoms with E-state index in [1.807, 2.05) is 0 Å². The van der Waals surface area contributed by atoms with E-state index in [9.17, 15) is 9.59 Å². The van der Waals surface area contributed by atoms with Gasteiger partial charge in [-0.1, -0.05) is 40.9 Å². The Labute approximate surface area is 136 Å². The summed E-state index contributed by atoms with van der Waals surface area (Å²) < 4.78 is 0. The Morgan fingerprint density at radius 1 is 0.857 bits per heavy atom. The highest BCUT2D eigenvalue weighted by Crippen LogP contribution is 2.31. The number of carbonyl (C=O) groups excluding carboxylic acids is 2. The summed E-state index contributed by atoms with van der Waals surface area (Å²) in [5, 5.41) is 1.24. The number of nitrogens with zero attached hydrogens (tertiary/aromatic N) is 1. The molecule has 3 rings (SSSR count). The van der Waals surface area contributed by atoms with Gasteiger partial charge in [-0.15, -0.1) is 0 Å². The maximum absolute atomic E-state index is 12.3. The number of rotatable bonds is 2. The van der Waals surface area contributed by atoms with Gasteiger partial charge in [0, 0.05) is 20.6 Å². The number of halogens is 3. The Balaban J connectivity index is 1.99. The first-order valence-corrected chi connectivity index (χ1v) is 7.21. The minimum Gasteiger partial charge on any atom is -0.270 e. The number of imide groups is 1. The molecule has 1 aliphatic rings. The fourth-order valence-electron chi connectivity index (χ4n) is 2.25. The first kappa shape index (κ1) is 14.4. The monoisotopic (exact) mass is 339 g/mol. The average Bonchev–Trinajstić information content (AvgIpc) is 2.67. The molecular weight excluding hydrogens is 333 g/mol. The zero-order valence-electron chi connectivity index (χ0n) is 10.6. The van der Waals surface area contributed by atoms with Crippen LogP contribution in [0.3, 0.4) is 0 Å². The van der Waals surface area contributed by atoms with Crippen LogP contribution in [0.4, 0.5) is 0 Å². The summed E-state index contributed by atoms with van der Waals surface area (Å²) in [4.78, 5) is 25.8. The molecule has 2 amide bonds. The van der Waals surface area contributed by atoms with Crippen molar-refractivity contribution in [3.63, 3.8) is 0 Å². The Morgan fingerprint density at radius 2 is 1.48 bits per heavy atom. The van der Waals surface area contributed by atoms with Gasteiger partial charge < -0.3 is 0 Å². The van der Waals surface area contributed by atoms with Crippen LogP contribution in [0.1, 0.15) is 26.3 Å². The third kappa shape index (κ3) is 2.42. The van der Waals surface area contributed by atoms with Crippen LogP contribution in [-0.2, 0) is 6.54 Å². The number of benzene rings is 2. The molecule has 0 unspecified atom stereocenters. The van der Waals surface area contributed by atoms with Gasteiger partial charge in [0.05, 0.1) is 17.7 Å². The predicted molar refractivity (Wildman–Crippen MR) is 82.1 cm³/mol. The van der Waals surface area contributed by atoms with Crippen molar-refractivity contribution < 1.29 is 9.59 Å². The number of hydrogen-bond acceptors (Lipinski definition) is 2. The van der Waals surface area contributed by atoms with E-state index >= 15 is 0 Å². The lowest BCUT2D eigenvalue weighted by molar-refractivity contribution is 0.0642. The maximum Gasteiger partial charge on any atom is 0.261 e. The van der Waals surface area contributed by atoms with Crippen LogP contribution in [0.25, 0.3) is 0 Å². The first-order chi connectivity index (χ1) is 9.99. The fraction of sp³-hybridized carbons (Fsp3) is 0.0667. The lowest BCUT2D eigenvalue weighted by atomic mass is 10.1. The number of carbonyl (C=O) groups is 2. The second-order valence-electron chi connectivity index (χ2n) is 4.59. The quantitative estimate of drug-likeness (QED) is 0.758. The molecule has 0 N–H and O–H groups in total. The SMILES string of the molecule is O=C1c2ccc(Cl)cc2C(=O)N1Cc1c(Cl)cccc1Cl. The van der Waals surface area contributed by atoms with E-state index in [1.54, 1.807) is 30.3 Å². The molecule has 0 bridgehead atoms. The largest absolute Gasteiger partial charge is 0.270 e. The summed E-state index contributed by atoms with van der Waals surface area (Å²) in [5.41, 5.74) is 1.18. The van der Waals surface area contributed by atoms with Crippen molar-refractivity contribution in [1.82, 2.24) is 4.90 Å². The topological polar surface area (TPSA) is 37.4 Å². The Hall–Kier alpha value is -1.55. The summed E-state index contributed by atoms with van der Waals surface area (Å²) in [5.74, 6) is -0.767. The lowest BCUT2D eigenvalue weighted by Crippen LogP contribution is -2.29. The van der Waals surface area contributed by atoms with E-state index in [4.69, 9.17) is 34.8 Å². The molecule has 6 heteroatoms. The van der Waals surface area contributed by atoms with E-state index in [2.05, 4.69) is 0 Å². The summed E-state index contributed by atoms with van der Waals surface area (Å²) in [6, 6.07) is 9.65. The molecule has 3 nitrogen and oxygen atoms in total. The molecule has 0 saturated carbocycles. The first-order valence-electron chi connectivity index (χ1n) is 6.07. The van der Waals surface area contributed by atoms with Crippen LogP contribution in [-0.4, -0.2) is 16.7 Å². The van der Waals surface area contributed by atoms with Crippen LogP contribution >= 0.6 is 34.8 Å². The molecule has 0 aromatic heterocycles. The lowest BCUT2D eigenvalue weighted by Gasteiger charge is -2.15. The maximum atomic E-state index is 12.3. The van der Waals surface area contributed by atoms with Gasteiger partial charge in [0.15, 0.2) is 0 Å². The van der Waals surface area contributed by atoms with Crippen LogP contribution in [0.15, 0.2) is 36.4 Å². The number of amides is 2. The summed E-state index contributed by atoms with van der Waals surface area (Å²) >= 11 is 18.0. The van der Waals surface area contributed by atoms with Gasteiger partial charge in [0.2, 0.25) is 0 Å². The minimum atomic E-state index is -0.395. The van der Waals surface area contributed by atoms with E-state index in [0.29, 0.717) is 31.8 Å². The van der Waals surface area contributed by atoms with Crippen LogP contribution in [0.5, 0.6) is 0 Å². The summed E-state index contributed by atoms with van der Waals surface area (Å²) in [6.45, 7) is 0.0302. The average molecular weight is 341 g/mol. The Kier molecular flexibility index (Phi) is 3.66. The molecule has 106 valence electrons. The third-order valence-electron chi connectivity index (χ3n) is 3.31. The molecule has 0 atom stereocenters. The van der Waals surface area contributed by atoms with Gasteiger partial charge in [-0.25, -0.2) is 0 Å². The Bertz CT molecular complexity index is 753. The van der Waals surface area contributed by atoms with Gasteiger partial charge in [-0.05, 0) is 30.3 Å². The molecule has 0 spiro atoms. The minimum absolute atomic E-state index is 0.0302. The van der Waals surface area contributed by atoms with Crippen molar-refractivity contribution >= 4 is 46.6 Å². The second kappa shape index (κ2) is 5.34. The van der Waals surface area contributed by atoms with Gasteiger partial charge in [-0.2, -0.15) is 0 Å². The van der Waals surface area contributed by atoms with Gasteiger partial charge in [0.25, 0.3) is 11.8 Å². The highest BCUT2D eigenvalue weighted by Gasteiger charge is 2.36. The molecule has 0 fully saturated rings. The van der Waals surface area contributed by atoms with Crippen molar-refractivity contribution in [3.05, 3.63) is 68.2 Å². The van der Waals surface area contributed by atoms with Crippen molar-refractivity contribution in [1.29, 1.82) is 0 Å². The number of fused-ring (bicyclic) bond motifs is 1. The molecule has 2 aromatic rings. The molecule has 0 saturated heterocycles. The van der Waals surface area contributed by atoms with Crippen LogP contribution in [0.2, 0.25) is 15.1 Å². The second-order valence-corrected chi connectivity index (χ2v) is 5.84. The van der Waals surface area contributed by atoms with Gasteiger partial charge in [-0.3, -0.25) is 14.5 Å². The molecular formula is C15H8Cl3NO2. The molecule has 2 aromatic carbocycles. The van der Waals surface area contributed by atoms with Crippen LogP contribution < -0.4 is 0 Å². The highest BCUT2D eigenvalue weighted by atomic mass is 35.5. The normalized spacial score (nSPS) is 13.8. The third-order valence-corrected chi connectivity index (χ3v) is 4.25. The van der Waals surface area contributed by atoms with Crippen molar-refractivity contribution in [2.24, 2.45) is 0 Å². The van der Waals surface area contributed by atoms with E-state index in [0.717, 1.165) is 4.90 Å². The molecule has 0 radical (unpaired) electrons. The van der Waals surface area contributed by atoms with E-state index in [1.165, 1.54) is 6.07 Å². The van der Waals surface area contributed by atoms with Crippen molar-refractivity contribution in [3.8, 4) is 0 Å². The van der Waals surface area contributed by atoms with Gasteiger partial charge in [0.1, 0.15) is 0 Å². The smallest absolute Gasteiger partial charge is 0.261 e. The van der Waals surface area contributed by atoms with E-state index in [-0.39, 0.29) is 12.5 Å². The standard InChI is InChI=1S/C15H8Cl3NO2/c16-8-4-5-9-10(6-8)15(21)19(14(9)20)7-11-12(17)2-1-3-13(11)18/h1-6H,7H2. The molecule has 21 heavy (non-hydrogen) atoms. The van der Waals surface area contributed by atoms with Crippen LogP contribution in [0, 0.1) is 0 Å². The molecule has 1 heterocycles. The molecule has 1 aliphatic heterocycles. The van der Waals surface area contributed by atoms with E-state index < -0.39 is 5.91 Å². The summed E-state index contributed by atoms with van der Waals surface area (Å²) in [6.07, 6.45) is 0. The zero-order chi connectivity index (χ0) is 15.1. The predicted octanol–water partition coefficient (Wildman–Crippen LogP) is 4.44. The van der Waals surface area contributed by atoms with Crippen molar-refractivity contribution in [2.75, 3.05) is 0 Å². The zero-order valence-corrected chi connectivity index (χ0v) is 12.8. The highest BCUT2D eigenvalue weighted by molar-refractivity contribution is 6.36. The number of hydrogen-bond donors (Lipinski definition) is 0.